The SMILES string of the molecule is COC1(CNC(=O)C(C)Oc2ccccc2)CCN(C(=O)c2csc(N)n2)CC1. The van der Waals surface area contributed by atoms with E-state index in [0.29, 0.717) is 49.1 Å². The van der Waals surface area contributed by atoms with E-state index in [9.17, 15) is 9.59 Å². The molecule has 0 radical (unpaired) electrons. The number of aromatic nitrogens is 1. The number of rotatable bonds is 7. The van der Waals surface area contributed by atoms with E-state index in [1.54, 1.807) is 24.3 Å². The fourth-order valence-electron chi connectivity index (χ4n) is 3.27. The number of ether oxygens (including phenoxy) is 2. The van der Waals surface area contributed by atoms with E-state index in [-0.39, 0.29) is 11.8 Å². The summed E-state index contributed by atoms with van der Waals surface area (Å²) < 4.78 is 11.4. The molecule has 1 fully saturated rings. The molecule has 2 amide bonds. The van der Waals surface area contributed by atoms with Gasteiger partial charge in [0, 0.05) is 32.1 Å². The number of carbonyl (C=O) groups excluding carboxylic acids is 2. The highest BCUT2D eigenvalue weighted by molar-refractivity contribution is 7.13. The number of likely N-dealkylation sites (tertiary alicyclic amines) is 1. The summed E-state index contributed by atoms with van der Waals surface area (Å²) in [6, 6.07) is 9.22. The second-order valence-corrected chi connectivity index (χ2v) is 7.93. The van der Waals surface area contributed by atoms with Gasteiger partial charge in [0.05, 0.1) is 5.60 Å². The Balaban J connectivity index is 1.50. The van der Waals surface area contributed by atoms with E-state index in [1.807, 2.05) is 30.3 Å². The van der Waals surface area contributed by atoms with Crippen molar-refractivity contribution in [2.75, 3.05) is 32.5 Å². The minimum Gasteiger partial charge on any atom is -0.481 e. The monoisotopic (exact) mass is 418 g/mol. The first-order valence-electron chi connectivity index (χ1n) is 9.47. The molecular formula is C20H26N4O4S. The predicted octanol–water partition coefficient (Wildman–Crippen LogP) is 1.93. The number of nitrogens with two attached hydrogens (primary N) is 1. The van der Waals surface area contributed by atoms with Crippen LogP contribution in [0, 0.1) is 0 Å². The molecule has 0 saturated carbocycles. The quantitative estimate of drug-likeness (QED) is 0.712. The molecule has 29 heavy (non-hydrogen) atoms. The standard InChI is InChI=1S/C20H26N4O4S/c1-14(28-15-6-4-3-5-7-15)17(25)22-13-20(27-2)8-10-24(11-9-20)18(26)16-12-29-19(21)23-16/h3-7,12,14H,8-11,13H2,1-2H3,(H2,21,23)(H,22,25). The molecule has 2 heterocycles. The van der Waals surface area contributed by atoms with Crippen LogP contribution in [0.3, 0.4) is 0 Å². The average Bonchev–Trinajstić information content (AvgIpc) is 3.19. The van der Waals surface area contributed by atoms with Crippen molar-refractivity contribution >= 4 is 28.3 Å². The van der Waals surface area contributed by atoms with Crippen molar-refractivity contribution in [1.82, 2.24) is 15.2 Å². The first kappa shape index (κ1) is 21.1. The van der Waals surface area contributed by atoms with Gasteiger partial charge in [-0.05, 0) is 31.9 Å². The van der Waals surface area contributed by atoms with Gasteiger partial charge in [-0.25, -0.2) is 4.98 Å². The van der Waals surface area contributed by atoms with Gasteiger partial charge in [0.25, 0.3) is 11.8 Å². The third-order valence-corrected chi connectivity index (χ3v) is 5.82. The van der Waals surface area contributed by atoms with Gasteiger partial charge in [0.2, 0.25) is 0 Å². The molecule has 1 unspecified atom stereocenters. The summed E-state index contributed by atoms with van der Waals surface area (Å²) in [6.45, 7) is 3.12. The van der Waals surface area contributed by atoms with Crippen LogP contribution in [0.2, 0.25) is 0 Å². The van der Waals surface area contributed by atoms with Crippen LogP contribution in [-0.2, 0) is 9.53 Å². The molecule has 9 heteroatoms. The number of hydrogen-bond donors (Lipinski definition) is 2. The third kappa shape index (κ3) is 5.24. The highest BCUT2D eigenvalue weighted by Crippen LogP contribution is 2.26. The zero-order chi connectivity index (χ0) is 20.9. The number of anilines is 1. The Morgan fingerprint density at radius 1 is 1.31 bits per heavy atom. The number of carbonyl (C=O) groups is 2. The Bertz CT molecular complexity index is 834. The molecule has 0 bridgehead atoms. The van der Waals surface area contributed by atoms with Crippen LogP contribution in [0.1, 0.15) is 30.3 Å². The lowest BCUT2D eigenvalue weighted by molar-refractivity contribution is -0.129. The lowest BCUT2D eigenvalue weighted by Crippen LogP contribution is -2.54. The third-order valence-electron chi connectivity index (χ3n) is 5.15. The molecule has 156 valence electrons. The summed E-state index contributed by atoms with van der Waals surface area (Å²) in [6.07, 6.45) is 0.606. The molecule has 8 nitrogen and oxygen atoms in total. The van der Waals surface area contributed by atoms with E-state index >= 15 is 0 Å². The van der Waals surface area contributed by atoms with Crippen LogP contribution in [0.4, 0.5) is 5.13 Å². The van der Waals surface area contributed by atoms with E-state index < -0.39 is 11.7 Å². The normalized spacial score (nSPS) is 16.8. The van der Waals surface area contributed by atoms with Gasteiger partial charge in [0.15, 0.2) is 11.2 Å². The molecule has 1 aliphatic rings. The van der Waals surface area contributed by atoms with Crippen LogP contribution in [0.15, 0.2) is 35.7 Å². The Morgan fingerprint density at radius 3 is 2.59 bits per heavy atom. The summed E-state index contributed by atoms with van der Waals surface area (Å²) in [5.74, 6) is 0.310. The first-order chi connectivity index (χ1) is 13.9. The van der Waals surface area contributed by atoms with Crippen molar-refractivity contribution < 1.29 is 19.1 Å². The van der Waals surface area contributed by atoms with E-state index in [1.165, 1.54) is 11.3 Å². The fraction of sp³-hybridized carbons (Fsp3) is 0.450. The maximum absolute atomic E-state index is 12.5. The summed E-state index contributed by atoms with van der Waals surface area (Å²) in [4.78, 5) is 30.8. The van der Waals surface area contributed by atoms with Crippen LogP contribution < -0.4 is 15.8 Å². The largest absolute Gasteiger partial charge is 0.481 e. The number of para-hydroxylation sites is 1. The second-order valence-electron chi connectivity index (χ2n) is 7.04. The fourth-order valence-corrected chi connectivity index (χ4v) is 3.80. The van der Waals surface area contributed by atoms with Gasteiger partial charge in [-0.1, -0.05) is 18.2 Å². The maximum Gasteiger partial charge on any atom is 0.273 e. The van der Waals surface area contributed by atoms with Crippen molar-refractivity contribution in [2.45, 2.75) is 31.5 Å². The topological polar surface area (TPSA) is 107 Å². The molecule has 1 aliphatic heterocycles. The molecule has 2 aromatic rings. The van der Waals surface area contributed by atoms with Crippen LogP contribution >= 0.6 is 11.3 Å². The lowest BCUT2D eigenvalue weighted by atomic mass is 9.90. The number of amides is 2. The number of nitrogens with one attached hydrogen (secondary N) is 1. The highest BCUT2D eigenvalue weighted by atomic mass is 32.1. The number of piperidine rings is 1. The van der Waals surface area contributed by atoms with Crippen molar-refractivity contribution in [1.29, 1.82) is 0 Å². The van der Waals surface area contributed by atoms with Gasteiger partial charge in [-0.15, -0.1) is 11.3 Å². The number of thiazole rings is 1. The molecule has 1 aromatic carbocycles. The van der Waals surface area contributed by atoms with Crippen LogP contribution in [0.5, 0.6) is 5.75 Å². The van der Waals surface area contributed by atoms with Gasteiger partial charge >= 0.3 is 0 Å². The molecular weight excluding hydrogens is 392 g/mol. The molecule has 0 aliphatic carbocycles. The van der Waals surface area contributed by atoms with Crippen LogP contribution in [0.25, 0.3) is 0 Å². The minimum absolute atomic E-state index is 0.128. The summed E-state index contributed by atoms with van der Waals surface area (Å²) in [5, 5.41) is 4.98. The van der Waals surface area contributed by atoms with E-state index in [0.717, 1.165) is 0 Å². The molecule has 1 atom stereocenters. The zero-order valence-electron chi connectivity index (χ0n) is 16.6. The Morgan fingerprint density at radius 2 is 2.00 bits per heavy atom. The van der Waals surface area contributed by atoms with Gasteiger partial charge < -0.3 is 25.4 Å². The Labute approximate surface area is 174 Å². The summed E-state index contributed by atoms with van der Waals surface area (Å²) in [7, 11) is 1.63. The van der Waals surface area contributed by atoms with Crippen molar-refractivity contribution in [3.8, 4) is 5.75 Å². The number of benzene rings is 1. The molecule has 3 rings (SSSR count). The van der Waals surface area contributed by atoms with E-state index in [4.69, 9.17) is 15.2 Å². The first-order valence-corrected chi connectivity index (χ1v) is 10.4. The molecule has 3 N–H and O–H groups in total. The molecule has 1 aromatic heterocycles. The summed E-state index contributed by atoms with van der Waals surface area (Å²) in [5.41, 5.74) is 5.48. The van der Waals surface area contributed by atoms with Crippen molar-refractivity contribution in [3.63, 3.8) is 0 Å². The Hall–Kier alpha value is -2.65. The zero-order valence-corrected chi connectivity index (χ0v) is 17.4. The second kappa shape index (κ2) is 9.23. The number of nitrogens with zero attached hydrogens (tertiary/aromatic N) is 2. The highest BCUT2D eigenvalue weighted by Gasteiger charge is 2.37. The van der Waals surface area contributed by atoms with Gasteiger partial charge in [-0.2, -0.15) is 0 Å². The predicted molar refractivity (Wildman–Crippen MR) is 111 cm³/mol. The maximum atomic E-state index is 12.5. The molecule has 1 saturated heterocycles. The van der Waals surface area contributed by atoms with Crippen molar-refractivity contribution in [2.24, 2.45) is 0 Å². The van der Waals surface area contributed by atoms with Crippen molar-refractivity contribution in [3.05, 3.63) is 41.4 Å². The molecule has 0 spiro atoms. The number of hydrogen-bond acceptors (Lipinski definition) is 7. The van der Waals surface area contributed by atoms with Crippen LogP contribution in [-0.4, -0.2) is 60.1 Å². The minimum atomic E-state index is -0.622. The Kier molecular flexibility index (Phi) is 6.71. The van der Waals surface area contributed by atoms with Gasteiger partial charge in [0.1, 0.15) is 11.4 Å². The van der Waals surface area contributed by atoms with E-state index in [2.05, 4.69) is 10.3 Å². The average molecular weight is 419 g/mol. The lowest BCUT2D eigenvalue weighted by Gasteiger charge is -2.40. The number of methoxy groups -OCH3 is 1. The number of nitrogen functional groups attached to an aromatic ring is 1. The van der Waals surface area contributed by atoms with Gasteiger partial charge in [-0.3, -0.25) is 9.59 Å². The summed E-state index contributed by atoms with van der Waals surface area (Å²) >= 11 is 1.25. The smallest absolute Gasteiger partial charge is 0.273 e.